The number of alkyl halides is 3. The summed E-state index contributed by atoms with van der Waals surface area (Å²) in [5.74, 6) is -0.966. The van der Waals surface area contributed by atoms with Crippen LogP contribution in [0.4, 0.5) is 23.2 Å². The number of benzene rings is 1. The van der Waals surface area contributed by atoms with Gasteiger partial charge in [0.2, 0.25) is 0 Å². The molecule has 0 radical (unpaired) electrons. The van der Waals surface area contributed by atoms with Crippen molar-refractivity contribution in [2.24, 2.45) is 0 Å². The molecule has 0 saturated heterocycles. The Hall–Kier alpha value is -2.57. The molecule has 1 aromatic carbocycles. The number of rotatable bonds is 2. The molecule has 2 aromatic rings. The molecule has 26 heavy (non-hydrogen) atoms. The van der Waals surface area contributed by atoms with Crippen LogP contribution in [0.3, 0.4) is 0 Å². The largest absolute Gasteiger partial charge is 0.506 e. The fraction of sp³-hybridized carbons (Fsp3) is 0.316. The van der Waals surface area contributed by atoms with Gasteiger partial charge in [-0.25, -0.2) is 4.39 Å². The van der Waals surface area contributed by atoms with Gasteiger partial charge in [-0.1, -0.05) is 20.4 Å². The number of halogens is 4. The first-order chi connectivity index (χ1) is 11.9. The number of fused-ring (bicyclic) bond motifs is 1. The van der Waals surface area contributed by atoms with Gasteiger partial charge in [0.05, 0.1) is 16.9 Å². The van der Waals surface area contributed by atoms with Crippen LogP contribution < -0.4 is 4.90 Å². The van der Waals surface area contributed by atoms with Crippen molar-refractivity contribution in [3.63, 3.8) is 0 Å². The summed E-state index contributed by atoms with van der Waals surface area (Å²) >= 11 is 0. The van der Waals surface area contributed by atoms with E-state index in [1.165, 1.54) is 0 Å². The predicted octanol–water partition coefficient (Wildman–Crippen LogP) is 5.24. The summed E-state index contributed by atoms with van der Waals surface area (Å²) < 4.78 is 53.1. The zero-order chi connectivity index (χ0) is 19.4. The second-order valence-corrected chi connectivity index (χ2v) is 7.11. The van der Waals surface area contributed by atoms with Gasteiger partial charge in [-0.3, -0.25) is 4.98 Å². The van der Waals surface area contributed by atoms with E-state index >= 15 is 0 Å². The Morgan fingerprint density at radius 1 is 1.31 bits per heavy atom. The standard InChI is InChI=1S/C19H18F4N2O/c1-10(2)25-9-18(3,4)16-15(12(20)7-14(26)17(16)25)13-6-5-11(8-24-13)19(21,22)23/h5-8,26H,1,9H2,2-4H3. The van der Waals surface area contributed by atoms with Crippen molar-refractivity contribution >= 4 is 5.69 Å². The van der Waals surface area contributed by atoms with E-state index in [-0.39, 0.29) is 17.0 Å². The van der Waals surface area contributed by atoms with Crippen molar-refractivity contribution < 1.29 is 22.7 Å². The Balaban J connectivity index is 2.26. The zero-order valence-electron chi connectivity index (χ0n) is 14.6. The van der Waals surface area contributed by atoms with Gasteiger partial charge in [-0.2, -0.15) is 13.2 Å². The van der Waals surface area contributed by atoms with Crippen LogP contribution in [-0.4, -0.2) is 16.6 Å². The molecule has 0 aliphatic carbocycles. The summed E-state index contributed by atoms with van der Waals surface area (Å²) in [4.78, 5) is 5.61. The van der Waals surface area contributed by atoms with E-state index in [0.717, 1.165) is 18.2 Å². The minimum atomic E-state index is -4.52. The molecule has 1 aliphatic rings. The van der Waals surface area contributed by atoms with Gasteiger partial charge < -0.3 is 10.0 Å². The van der Waals surface area contributed by atoms with Crippen LogP contribution in [0.15, 0.2) is 36.7 Å². The maximum atomic E-state index is 14.7. The molecule has 138 valence electrons. The SMILES string of the molecule is C=C(C)N1CC(C)(C)c2c(-c3ccc(C(F)(F)F)cn3)c(F)cc(O)c21. The van der Waals surface area contributed by atoms with Gasteiger partial charge in [-0.05, 0) is 24.6 Å². The number of pyridine rings is 1. The number of nitrogens with zero attached hydrogens (tertiary/aromatic N) is 2. The maximum Gasteiger partial charge on any atom is 0.417 e. The lowest BCUT2D eigenvalue weighted by Crippen LogP contribution is -2.27. The van der Waals surface area contributed by atoms with Crippen molar-refractivity contribution in [3.8, 4) is 17.0 Å². The second-order valence-electron chi connectivity index (χ2n) is 7.11. The molecule has 0 spiro atoms. The fourth-order valence-electron chi connectivity index (χ4n) is 3.40. The lowest BCUT2D eigenvalue weighted by molar-refractivity contribution is -0.137. The van der Waals surface area contributed by atoms with E-state index in [1.54, 1.807) is 11.8 Å². The summed E-state index contributed by atoms with van der Waals surface area (Å²) in [7, 11) is 0. The van der Waals surface area contributed by atoms with Crippen LogP contribution >= 0.6 is 0 Å². The van der Waals surface area contributed by atoms with E-state index in [0.29, 0.717) is 29.7 Å². The highest BCUT2D eigenvalue weighted by molar-refractivity contribution is 5.83. The Morgan fingerprint density at radius 3 is 2.46 bits per heavy atom. The number of aromatic hydroxyl groups is 1. The number of phenolic OH excluding ortho intramolecular Hbond substituents is 1. The maximum absolute atomic E-state index is 14.7. The molecule has 0 unspecified atom stereocenters. The first-order valence-corrected chi connectivity index (χ1v) is 7.96. The van der Waals surface area contributed by atoms with E-state index in [4.69, 9.17) is 0 Å². The lowest BCUT2D eigenvalue weighted by Gasteiger charge is -2.22. The third kappa shape index (κ3) is 2.81. The molecule has 0 atom stereocenters. The molecule has 0 bridgehead atoms. The van der Waals surface area contributed by atoms with Gasteiger partial charge in [-0.15, -0.1) is 0 Å². The Morgan fingerprint density at radius 2 is 1.96 bits per heavy atom. The normalized spacial score (nSPS) is 15.9. The minimum absolute atomic E-state index is 0.0865. The molecule has 1 aromatic heterocycles. The van der Waals surface area contributed by atoms with Gasteiger partial charge >= 0.3 is 6.18 Å². The van der Waals surface area contributed by atoms with Crippen LogP contribution in [0.5, 0.6) is 5.75 Å². The van der Waals surface area contributed by atoms with E-state index in [1.807, 2.05) is 13.8 Å². The summed E-state index contributed by atoms with van der Waals surface area (Å²) in [6, 6.07) is 2.99. The smallest absolute Gasteiger partial charge is 0.417 e. The number of anilines is 1. The minimum Gasteiger partial charge on any atom is -0.506 e. The number of allylic oxidation sites excluding steroid dienone is 1. The molecule has 2 heterocycles. The van der Waals surface area contributed by atoms with Crippen molar-refractivity contribution in [2.75, 3.05) is 11.4 Å². The first kappa shape index (κ1) is 18.2. The van der Waals surface area contributed by atoms with Crippen LogP contribution in [0.1, 0.15) is 31.9 Å². The highest BCUT2D eigenvalue weighted by Crippen LogP contribution is 2.51. The summed E-state index contributed by atoms with van der Waals surface area (Å²) in [5, 5.41) is 10.3. The molecule has 1 N–H and O–H groups in total. The van der Waals surface area contributed by atoms with E-state index in [9.17, 15) is 22.7 Å². The molecule has 3 rings (SSSR count). The number of aromatic nitrogens is 1. The Labute approximate surface area is 148 Å². The first-order valence-electron chi connectivity index (χ1n) is 7.96. The topological polar surface area (TPSA) is 36.4 Å². The van der Waals surface area contributed by atoms with Gasteiger partial charge in [0.25, 0.3) is 0 Å². The van der Waals surface area contributed by atoms with Crippen LogP contribution in [-0.2, 0) is 11.6 Å². The van der Waals surface area contributed by atoms with Crippen molar-refractivity contribution in [3.05, 3.63) is 53.6 Å². The van der Waals surface area contributed by atoms with Gasteiger partial charge in [0.15, 0.2) is 0 Å². The molecular formula is C19H18F4N2O. The summed E-state index contributed by atoms with van der Waals surface area (Å²) in [5.41, 5.74) is 0.313. The van der Waals surface area contributed by atoms with Crippen LogP contribution in [0.25, 0.3) is 11.3 Å². The van der Waals surface area contributed by atoms with Crippen LogP contribution in [0, 0.1) is 5.82 Å². The number of hydrogen-bond donors (Lipinski definition) is 1. The molecule has 1 aliphatic heterocycles. The second kappa shape index (κ2) is 5.72. The highest BCUT2D eigenvalue weighted by atomic mass is 19.4. The molecule has 0 saturated carbocycles. The summed E-state index contributed by atoms with van der Waals surface area (Å²) in [6.07, 6.45) is -3.83. The van der Waals surface area contributed by atoms with Gasteiger partial charge in [0, 0.05) is 35.5 Å². The molecule has 0 amide bonds. The Kier molecular flexibility index (Phi) is 4.01. The number of hydrogen-bond acceptors (Lipinski definition) is 3. The Bertz CT molecular complexity index is 886. The van der Waals surface area contributed by atoms with Crippen LogP contribution in [0.2, 0.25) is 0 Å². The van der Waals surface area contributed by atoms with Crippen molar-refractivity contribution in [2.45, 2.75) is 32.4 Å². The fourth-order valence-corrected chi connectivity index (χ4v) is 3.40. The average molecular weight is 366 g/mol. The zero-order valence-corrected chi connectivity index (χ0v) is 14.6. The molecule has 0 fully saturated rings. The monoisotopic (exact) mass is 366 g/mol. The highest BCUT2D eigenvalue weighted by Gasteiger charge is 2.41. The lowest BCUT2D eigenvalue weighted by atomic mass is 9.82. The molecule has 3 nitrogen and oxygen atoms in total. The average Bonchev–Trinajstić information content (AvgIpc) is 2.80. The third-order valence-electron chi connectivity index (χ3n) is 4.54. The molecular weight excluding hydrogens is 348 g/mol. The predicted molar refractivity (Wildman–Crippen MR) is 91.5 cm³/mol. The van der Waals surface area contributed by atoms with E-state index in [2.05, 4.69) is 11.6 Å². The summed E-state index contributed by atoms with van der Waals surface area (Å²) in [6.45, 7) is 9.87. The molecule has 7 heteroatoms. The van der Waals surface area contributed by atoms with Crippen molar-refractivity contribution in [1.29, 1.82) is 0 Å². The quantitative estimate of drug-likeness (QED) is 0.738. The number of phenols is 1. The third-order valence-corrected chi connectivity index (χ3v) is 4.54. The van der Waals surface area contributed by atoms with Crippen molar-refractivity contribution in [1.82, 2.24) is 4.98 Å². The van der Waals surface area contributed by atoms with Gasteiger partial charge in [0.1, 0.15) is 11.6 Å². The van der Waals surface area contributed by atoms with E-state index < -0.39 is 23.0 Å².